The SMILES string of the molecule is O=C(NC[C@@H](c1ccc(Cl)cc1)N1CCCC1)N1CCSCC1. The van der Waals surface area contributed by atoms with Crippen LogP contribution in [0.1, 0.15) is 24.4 Å². The lowest BCUT2D eigenvalue weighted by Gasteiger charge is -2.31. The summed E-state index contributed by atoms with van der Waals surface area (Å²) in [6.45, 7) is 4.56. The van der Waals surface area contributed by atoms with E-state index in [1.165, 1.54) is 18.4 Å². The fourth-order valence-electron chi connectivity index (χ4n) is 3.26. The average molecular weight is 354 g/mol. The van der Waals surface area contributed by atoms with Crippen molar-refractivity contribution >= 4 is 29.4 Å². The summed E-state index contributed by atoms with van der Waals surface area (Å²) in [5, 5.41) is 3.90. The van der Waals surface area contributed by atoms with Crippen LogP contribution in [0.25, 0.3) is 0 Å². The third kappa shape index (κ3) is 4.55. The molecule has 2 aliphatic rings. The first-order valence-electron chi connectivity index (χ1n) is 8.34. The first-order chi connectivity index (χ1) is 11.2. The van der Waals surface area contributed by atoms with Gasteiger partial charge in [-0.25, -0.2) is 4.79 Å². The van der Waals surface area contributed by atoms with Crippen LogP contribution in [0.2, 0.25) is 5.02 Å². The van der Waals surface area contributed by atoms with Gasteiger partial charge in [0.05, 0.1) is 6.04 Å². The minimum Gasteiger partial charge on any atom is -0.336 e. The van der Waals surface area contributed by atoms with Crippen LogP contribution >= 0.6 is 23.4 Å². The van der Waals surface area contributed by atoms with Crippen molar-refractivity contribution in [1.29, 1.82) is 0 Å². The number of hydrogen-bond acceptors (Lipinski definition) is 3. The van der Waals surface area contributed by atoms with Crippen LogP contribution in [0.4, 0.5) is 4.79 Å². The van der Waals surface area contributed by atoms with E-state index < -0.39 is 0 Å². The van der Waals surface area contributed by atoms with E-state index in [-0.39, 0.29) is 12.1 Å². The van der Waals surface area contributed by atoms with Crippen molar-refractivity contribution in [3.05, 3.63) is 34.9 Å². The van der Waals surface area contributed by atoms with Crippen molar-refractivity contribution in [2.45, 2.75) is 18.9 Å². The number of nitrogens with one attached hydrogen (secondary N) is 1. The van der Waals surface area contributed by atoms with Gasteiger partial charge < -0.3 is 10.2 Å². The van der Waals surface area contributed by atoms with Gasteiger partial charge in [0.15, 0.2) is 0 Å². The fourth-order valence-corrected chi connectivity index (χ4v) is 4.29. The van der Waals surface area contributed by atoms with Crippen LogP contribution in [-0.4, -0.2) is 60.1 Å². The molecule has 1 N–H and O–H groups in total. The molecule has 0 aliphatic carbocycles. The van der Waals surface area contributed by atoms with Gasteiger partial charge in [0.2, 0.25) is 0 Å². The largest absolute Gasteiger partial charge is 0.336 e. The van der Waals surface area contributed by atoms with E-state index >= 15 is 0 Å². The third-order valence-corrected chi connectivity index (χ3v) is 5.78. The molecule has 3 rings (SSSR count). The molecule has 2 amide bonds. The maximum absolute atomic E-state index is 12.4. The monoisotopic (exact) mass is 353 g/mol. The first-order valence-corrected chi connectivity index (χ1v) is 9.87. The smallest absolute Gasteiger partial charge is 0.317 e. The number of nitrogens with zero attached hydrogens (tertiary/aromatic N) is 2. The molecule has 2 fully saturated rings. The van der Waals surface area contributed by atoms with Crippen molar-refractivity contribution in [2.24, 2.45) is 0 Å². The predicted octanol–water partition coefficient (Wildman–Crippen LogP) is 3.24. The highest BCUT2D eigenvalue weighted by molar-refractivity contribution is 7.99. The van der Waals surface area contributed by atoms with Crippen LogP contribution in [0.5, 0.6) is 0 Å². The Morgan fingerprint density at radius 2 is 1.78 bits per heavy atom. The second kappa shape index (κ2) is 8.27. The summed E-state index contributed by atoms with van der Waals surface area (Å²) in [5.74, 6) is 2.08. The van der Waals surface area contributed by atoms with E-state index in [1.54, 1.807) is 0 Å². The highest BCUT2D eigenvalue weighted by Crippen LogP contribution is 2.25. The average Bonchev–Trinajstić information content (AvgIpc) is 3.11. The lowest BCUT2D eigenvalue weighted by molar-refractivity contribution is 0.192. The molecule has 0 unspecified atom stereocenters. The molecule has 2 saturated heterocycles. The summed E-state index contributed by atoms with van der Waals surface area (Å²) >= 11 is 7.93. The number of halogens is 1. The van der Waals surface area contributed by atoms with E-state index in [2.05, 4.69) is 22.3 Å². The van der Waals surface area contributed by atoms with Crippen LogP contribution in [0.3, 0.4) is 0 Å². The number of carbonyl (C=O) groups is 1. The Balaban J connectivity index is 1.63. The maximum atomic E-state index is 12.4. The normalized spacial score (nSPS) is 20.5. The zero-order valence-corrected chi connectivity index (χ0v) is 14.9. The highest BCUT2D eigenvalue weighted by Gasteiger charge is 2.25. The standard InChI is InChI=1S/C17H24ClN3OS/c18-15-5-3-14(4-6-15)16(20-7-1-2-8-20)13-19-17(22)21-9-11-23-12-10-21/h3-6,16H,1-2,7-13H2,(H,19,22)/t16-/m0/s1. The third-order valence-electron chi connectivity index (χ3n) is 4.58. The maximum Gasteiger partial charge on any atom is 0.317 e. The summed E-state index contributed by atoms with van der Waals surface area (Å²) in [5.41, 5.74) is 1.23. The molecule has 1 atom stereocenters. The van der Waals surface area contributed by atoms with E-state index in [1.807, 2.05) is 28.8 Å². The molecule has 0 spiro atoms. The highest BCUT2D eigenvalue weighted by atomic mass is 35.5. The predicted molar refractivity (Wildman–Crippen MR) is 97.3 cm³/mol. The Kier molecular flexibility index (Phi) is 6.08. The summed E-state index contributed by atoms with van der Waals surface area (Å²) < 4.78 is 0. The number of thioether (sulfide) groups is 1. The summed E-state index contributed by atoms with van der Waals surface area (Å²) in [4.78, 5) is 16.8. The minimum absolute atomic E-state index is 0.0726. The van der Waals surface area contributed by atoms with Gasteiger partial charge in [0.25, 0.3) is 0 Å². The summed E-state index contributed by atoms with van der Waals surface area (Å²) in [6, 6.07) is 8.33. The number of carbonyl (C=O) groups excluding carboxylic acids is 1. The van der Waals surface area contributed by atoms with Crippen molar-refractivity contribution < 1.29 is 4.79 Å². The van der Waals surface area contributed by atoms with Gasteiger partial charge in [-0.15, -0.1) is 0 Å². The number of hydrogen-bond donors (Lipinski definition) is 1. The Labute approximate surface area is 147 Å². The lowest BCUT2D eigenvalue weighted by Crippen LogP contribution is -2.46. The van der Waals surface area contributed by atoms with Gasteiger partial charge in [-0.05, 0) is 43.6 Å². The van der Waals surface area contributed by atoms with E-state index in [0.717, 1.165) is 42.7 Å². The van der Waals surface area contributed by atoms with Crippen LogP contribution in [0, 0.1) is 0 Å². The number of likely N-dealkylation sites (tertiary alicyclic amines) is 1. The van der Waals surface area contributed by atoms with Gasteiger partial charge in [-0.2, -0.15) is 11.8 Å². The second-order valence-corrected chi connectivity index (χ2v) is 7.76. The van der Waals surface area contributed by atoms with Crippen molar-refractivity contribution in [2.75, 3.05) is 44.2 Å². The lowest BCUT2D eigenvalue weighted by atomic mass is 10.1. The van der Waals surface area contributed by atoms with Crippen LogP contribution in [0.15, 0.2) is 24.3 Å². The molecule has 6 heteroatoms. The molecule has 0 saturated carbocycles. The first kappa shape index (κ1) is 16.9. The number of urea groups is 1. The number of amides is 2. The molecule has 2 heterocycles. The second-order valence-electron chi connectivity index (χ2n) is 6.10. The molecule has 2 aliphatic heterocycles. The van der Waals surface area contributed by atoms with Crippen LogP contribution in [-0.2, 0) is 0 Å². The topological polar surface area (TPSA) is 35.6 Å². The quantitative estimate of drug-likeness (QED) is 0.902. The number of rotatable bonds is 4. The molecular formula is C17H24ClN3OS. The molecule has 0 bridgehead atoms. The van der Waals surface area contributed by atoms with Gasteiger partial charge in [-0.1, -0.05) is 23.7 Å². The summed E-state index contributed by atoms with van der Waals surface area (Å²) in [7, 11) is 0. The minimum atomic E-state index is 0.0726. The molecule has 23 heavy (non-hydrogen) atoms. The van der Waals surface area contributed by atoms with Gasteiger partial charge in [0, 0.05) is 36.2 Å². The molecule has 0 radical (unpaired) electrons. The fraction of sp³-hybridized carbons (Fsp3) is 0.588. The van der Waals surface area contributed by atoms with Crippen LogP contribution < -0.4 is 5.32 Å². The molecule has 4 nitrogen and oxygen atoms in total. The van der Waals surface area contributed by atoms with E-state index in [0.29, 0.717) is 6.54 Å². The van der Waals surface area contributed by atoms with E-state index in [4.69, 9.17) is 11.6 Å². The Morgan fingerprint density at radius 1 is 1.13 bits per heavy atom. The Morgan fingerprint density at radius 3 is 2.43 bits per heavy atom. The summed E-state index contributed by atoms with van der Waals surface area (Å²) in [6.07, 6.45) is 2.47. The molecular weight excluding hydrogens is 330 g/mol. The molecule has 1 aromatic rings. The van der Waals surface area contributed by atoms with Gasteiger partial charge >= 0.3 is 6.03 Å². The van der Waals surface area contributed by atoms with E-state index in [9.17, 15) is 4.79 Å². The molecule has 1 aromatic carbocycles. The Hall–Kier alpha value is -0.910. The van der Waals surface area contributed by atoms with Crippen molar-refractivity contribution in [3.8, 4) is 0 Å². The van der Waals surface area contributed by atoms with Gasteiger partial charge in [-0.3, -0.25) is 4.90 Å². The van der Waals surface area contributed by atoms with Crippen molar-refractivity contribution in [3.63, 3.8) is 0 Å². The molecule has 0 aromatic heterocycles. The van der Waals surface area contributed by atoms with Crippen molar-refractivity contribution in [1.82, 2.24) is 15.1 Å². The number of benzene rings is 1. The van der Waals surface area contributed by atoms with Gasteiger partial charge in [0.1, 0.15) is 0 Å². The zero-order chi connectivity index (χ0) is 16.1. The molecule has 126 valence electrons. The Bertz CT molecular complexity index is 513. The zero-order valence-electron chi connectivity index (χ0n) is 13.3.